The molecule has 1 heterocycles. The van der Waals surface area contributed by atoms with Crippen LogP contribution >= 0.6 is 11.3 Å². The first-order valence-electron chi connectivity index (χ1n) is 6.49. The molecule has 0 aliphatic rings. The van der Waals surface area contributed by atoms with Crippen LogP contribution in [0.5, 0.6) is 0 Å². The first-order valence-corrected chi connectivity index (χ1v) is 7.31. The Balaban J connectivity index is 1.91. The Morgan fingerprint density at radius 1 is 1.30 bits per heavy atom. The van der Waals surface area contributed by atoms with Gasteiger partial charge in [0.25, 0.3) is 0 Å². The maximum Gasteiger partial charge on any atom is 0.230 e. The zero-order valence-electron chi connectivity index (χ0n) is 11.6. The molecule has 0 saturated heterocycles. The Bertz CT molecular complexity index is 577. The summed E-state index contributed by atoms with van der Waals surface area (Å²) in [5, 5.41) is 12.3. The summed E-state index contributed by atoms with van der Waals surface area (Å²) in [6.07, 6.45) is 1.19. The van der Waals surface area contributed by atoms with Crippen molar-refractivity contribution in [1.82, 2.24) is 10.2 Å². The third kappa shape index (κ3) is 4.31. The molecule has 20 heavy (non-hydrogen) atoms. The van der Waals surface area contributed by atoms with Crippen molar-refractivity contribution in [1.29, 1.82) is 0 Å². The second-order valence-electron chi connectivity index (χ2n) is 5.07. The van der Waals surface area contributed by atoms with Crippen molar-refractivity contribution >= 4 is 28.1 Å². The first-order chi connectivity index (χ1) is 9.52. The van der Waals surface area contributed by atoms with Gasteiger partial charge in [-0.1, -0.05) is 37.3 Å². The second kappa shape index (κ2) is 6.47. The number of amides is 1. The Morgan fingerprint density at radius 3 is 2.65 bits per heavy atom. The lowest BCUT2D eigenvalue weighted by Crippen LogP contribution is -2.14. The van der Waals surface area contributed by atoms with E-state index < -0.39 is 0 Å². The van der Waals surface area contributed by atoms with E-state index in [0.717, 1.165) is 17.0 Å². The van der Waals surface area contributed by atoms with Crippen molar-refractivity contribution in [3.05, 3.63) is 34.8 Å². The Morgan fingerprint density at radius 2 is 2.00 bits per heavy atom. The molecule has 1 aromatic heterocycles. The predicted octanol–water partition coefficient (Wildman–Crippen LogP) is 2.50. The second-order valence-corrected chi connectivity index (χ2v) is 6.13. The van der Waals surface area contributed by atoms with E-state index in [-0.39, 0.29) is 5.91 Å². The maximum absolute atomic E-state index is 11.9. The number of nitrogens with zero attached hydrogens (tertiary/aromatic N) is 2. The van der Waals surface area contributed by atoms with E-state index in [1.165, 1.54) is 11.3 Å². The molecule has 0 spiro atoms. The van der Waals surface area contributed by atoms with Crippen molar-refractivity contribution < 1.29 is 4.79 Å². The van der Waals surface area contributed by atoms with Crippen molar-refractivity contribution in [2.24, 2.45) is 5.92 Å². The van der Waals surface area contributed by atoms with Crippen molar-refractivity contribution in [2.75, 3.05) is 11.1 Å². The molecule has 106 valence electrons. The van der Waals surface area contributed by atoms with Gasteiger partial charge in [-0.05, 0) is 23.6 Å². The fraction of sp³-hybridized carbons (Fsp3) is 0.357. The lowest BCUT2D eigenvalue weighted by molar-refractivity contribution is -0.115. The maximum atomic E-state index is 11.9. The van der Waals surface area contributed by atoms with Crippen LogP contribution in [0.4, 0.5) is 10.8 Å². The van der Waals surface area contributed by atoms with Crippen LogP contribution < -0.4 is 11.1 Å². The lowest BCUT2D eigenvalue weighted by Gasteiger charge is -2.02. The standard InChI is InChI=1S/C14H18N4OS/c1-9(2)7-13-17-18-14(20-13)16-12(19)8-10-3-5-11(15)6-4-10/h3-6,9H,7-8,15H2,1-2H3,(H,16,18,19). The van der Waals surface area contributed by atoms with E-state index in [1.807, 2.05) is 12.1 Å². The summed E-state index contributed by atoms with van der Waals surface area (Å²) in [6, 6.07) is 7.26. The fourth-order valence-corrected chi connectivity index (χ4v) is 2.69. The number of carbonyl (C=O) groups is 1. The average Bonchev–Trinajstić information content (AvgIpc) is 2.78. The van der Waals surface area contributed by atoms with E-state index in [9.17, 15) is 4.79 Å². The summed E-state index contributed by atoms with van der Waals surface area (Å²) in [4.78, 5) is 11.9. The van der Waals surface area contributed by atoms with Crippen LogP contribution in [0.1, 0.15) is 24.4 Å². The topological polar surface area (TPSA) is 80.9 Å². The normalized spacial score (nSPS) is 10.8. The van der Waals surface area contributed by atoms with Crippen LogP contribution in [0, 0.1) is 5.92 Å². The molecule has 1 amide bonds. The number of rotatable bonds is 5. The van der Waals surface area contributed by atoms with E-state index in [1.54, 1.807) is 12.1 Å². The number of benzene rings is 1. The minimum Gasteiger partial charge on any atom is -0.399 e. The van der Waals surface area contributed by atoms with Crippen molar-refractivity contribution in [3.63, 3.8) is 0 Å². The molecule has 0 radical (unpaired) electrons. The zero-order chi connectivity index (χ0) is 14.5. The highest BCUT2D eigenvalue weighted by Crippen LogP contribution is 2.18. The van der Waals surface area contributed by atoms with Gasteiger partial charge in [0.2, 0.25) is 11.0 Å². The van der Waals surface area contributed by atoms with E-state index in [0.29, 0.717) is 23.2 Å². The molecular weight excluding hydrogens is 272 g/mol. The highest BCUT2D eigenvalue weighted by atomic mass is 32.1. The molecule has 5 nitrogen and oxygen atoms in total. The van der Waals surface area contributed by atoms with Gasteiger partial charge in [0.05, 0.1) is 6.42 Å². The molecule has 6 heteroatoms. The molecule has 0 aliphatic carbocycles. The predicted molar refractivity (Wildman–Crippen MR) is 81.6 cm³/mol. The number of carbonyl (C=O) groups excluding carboxylic acids is 1. The minimum absolute atomic E-state index is 0.0954. The van der Waals surface area contributed by atoms with Crippen LogP contribution in [-0.4, -0.2) is 16.1 Å². The van der Waals surface area contributed by atoms with E-state index in [2.05, 4.69) is 29.4 Å². The van der Waals surface area contributed by atoms with Gasteiger partial charge in [-0.3, -0.25) is 4.79 Å². The van der Waals surface area contributed by atoms with Crippen molar-refractivity contribution in [3.8, 4) is 0 Å². The molecule has 2 aromatic rings. The molecular formula is C14H18N4OS. The number of nitrogen functional groups attached to an aromatic ring is 1. The summed E-state index contributed by atoms with van der Waals surface area (Å²) < 4.78 is 0. The highest BCUT2D eigenvalue weighted by Gasteiger charge is 2.09. The van der Waals surface area contributed by atoms with Gasteiger partial charge in [0.15, 0.2) is 0 Å². The minimum atomic E-state index is -0.0954. The Kier molecular flexibility index (Phi) is 4.68. The molecule has 2 rings (SSSR count). The number of nitrogens with one attached hydrogen (secondary N) is 1. The quantitative estimate of drug-likeness (QED) is 0.829. The average molecular weight is 290 g/mol. The largest absolute Gasteiger partial charge is 0.399 e. The summed E-state index contributed by atoms with van der Waals surface area (Å²) in [6.45, 7) is 4.25. The molecule has 1 aromatic carbocycles. The molecule has 0 bridgehead atoms. The van der Waals surface area contributed by atoms with Crippen LogP contribution in [0.15, 0.2) is 24.3 Å². The smallest absolute Gasteiger partial charge is 0.230 e. The van der Waals surface area contributed by atoms with Crippen LogP contribution in [0.2, 0.25) is 0 Å². The molecule has 0 saturated carbocycles. The summed E-state index contributed by atoms with van der Waals surface area (Å²) in [5.74, 6) is 0.434. The number of nitrogens with two attached hydrogens (primary N) is 1. The van der Waals surface area contributed by atoms with Gasteiger partial charge in [-0.2, -0.15) is 0 Å². The number of hydrogen-bond acceptors (Lipinski definition) is 5. The van der Waals surface area contributed by atoms with Gasteiger partial charge in [0.1, 0.15) is 5.01 Å². The third-order valence-electron chi connectivity index (χ3n) is 2.64. The summed E-state index contributed by atoms with van der Waals surface area (Å²) >= 11 is 1.43. The highest BCUT2D eigenvalue weighted by molar-refractivity contribution is 7.15. The molecule has 0 aliphatic heterocycles. The number of hydrogen-bond donors (Lipinski definition) is 2. The van der Waals surface area contributed by atoms with Gasteiger partial charge in [0, 0.05) is 12.1 Å². The SMILES string of the molecule is CC(C)Cc1nnc(NC(=O)Cc2ccc(N)cc2)s1. The monoisotopic (exact) mass is 290 g/mol. The Hall–Kier alpha value is -1.95. The third-order valence-corrected chi connectivity index (χ3v) is 3.50. The number of anilines is 2. The first kappa shape index (κ1) is 14.5. The van der Waals surface area contributed by atoms with Crippen LogP contribution in [0.25, 0.3) is 0 Å². The Labute approximate surface area is 122 Å². The van der Waals surface area contributed by atoms with Gasteiger partial charge < -0.3 is 11.1 Å². The van der Waals surface area contributed by atoms with Gasteiger partial charge in [-0.25, -0.2) is 0 Å². The van der Waals surface area contributed by atoms with E-state index in [4.69, 9.17) is 5.73 Å². The van der Waals surface area contributed by atoms with Crippen molar-refractivity contribution in [2.45, 2.75) is 26.7 Å². The van der Waals surface area contributed by atoms with E-state index >= 15 is 0 Å². The molecule has 3 N–H and O–H groups in total. The zero-order valence-corrected chi connectivity index (χ0v) is 12.4. The fourth-order valence-electron chi connectivity index (χ4n) is 1.72. The molecule has 0 atom stereocenters. The molecule has 0 unspecified atom stereocenters. The van der Waals surface area contributed by atoms with Crippen LogP contribution in [0.3, 0.4) is 0 Å². The van der Waals surface area contributed by atoms with Crippen LogP contribution in [-0.2, 0) is 17.6 Å². The summed E-state index contributed by atoms with van der Waals surface area (Å²) in [5.41, 5.74) is 7.22. The summed E-state index contributed by atoms with van der Waals surface area (Å²) in [7, 11) is 0. The van der Waals surface area contributed by atoms with Gasteiger partial charge in [-0.15, -0.1) is 10.2 Å². The number of aromatic nitrogens is 2. The lowest BCUT2D eigenvalue weighted by atomic mass is 10.1. The molecule has 0 fully saturated rings. The van der Waals surface area contributed by atoms with Gasteiger partial charge >= 0.3 is 0 Å².